The third kappa shape index (κ3) is 4.07. The average molecular weight is 360 g/mol. The first-order chi connectivity index (χ1) is 12.3. The predicted octanol–water partition coefficient (Wildman–Crippen LogP) is 5.00. The van der Waals surface area contributed by atoms with E-state index in [0.717, 1.165) is 28.6 Å². The Morgan fingerprint density at radius 2 is 1.92 bits per heavy atom. The van der Waals surface area contributed by atoms with E-state index in [0.29, 0.717) is 12.0 Å². The van der Waals surface area contributed by atoms with Crippen LogP contribution >= 0.6 is 0 Å². The van der Waals surface area contributed by atoms with E-state index < -0.39 is 17.8 Å². The molecule has 2 N–H and O–H groups in total. The molecule has 0 saturated carbocycles. The Bertz CT molecular complexity index is 915. The average Bonchev–Trinajstić information content (AvgIpc) is 3.02. The van der Waals surface area contributed by atoms with E-state index in [1.807, 2.05) is 30.5 Å². The van der Waals surface area contributed by atoms with E-state index in [1.165, 1.54) is 6.07 Å². The van der Waals surface area contributed by atoms with E-state index in [4.69, 9.17) is 0 Å². The van der Waals surface area contributed by atoms with Gasteiger partial charge in [-0.15, -0.1) is 0 Å². The van der Waals surface area contributed by atoms with Gasteiger partial charge in [0.1, 0.15) is 0 Å². The van der Waals surface area contributed by atoms with Crippen molar-refractivity contribution in [3.8, 4) is 0 Å². The van der Waals surface area contributed by atoms with Crippen molar-refractivity contribution in [3.63, 3.8) is 0 Å². The number of rotatable bonds is 5. The molecular formula is C20H19F3N2O. The highest BCUT2D eigenvalue weighted by molar-refractivity contribution is 5.84. The normalized spacial score (nSPS) is 12.9. The fourth-order valence-electron chi connectivity index (χ4n) is 2.97. The van der Waals surface area contributed by atoms with Gasteiger partial charge in [-0.3, -0.25) is 4.79 Å². The molecule has 1 unspecified atom stereocenters. The molecule has 136 valence electrons. The van der Waals surface area contributed by atoms with Gasteiger partial charge >= 0.3 is 6.18 Å². The zero-order chi connectivity index (χ0) is 18.7. The molecule has 0 bridgehead atoms. The largest absolute Gasteiger partial charge is 0.416 e. The van der Waals surface area contributed by atoms with Crippen LogP contribution < -0.4 is 5.32 Å². The minimum absolute atomic E-state index is 0.194. The number of aromatic nitrogens is 1. The van der Waals surface area contributed by atoms with Crippen molar-refractivity contribution < 1.29 is 18.0 Å². The number of fused-ring (bicyclic) bond motifs is 1. The summed E-state index contributed by atoms with van der Waals surface area (Å²) in [7, 11) is 0. The Kier molecular flexibility index (Phi) is 5.02. The first-order valence-corrected chi connectivity index (χ1v) is 8.36. The Hall–Kier alpha value is -2.76. The number of amides is 1. The number of hydrogen-bond donors (Lipinski definition) is 2. The van der Waals surface area contributed by atoms with Gasteiger partial charge in [-0.05, 0) is 42.7 Å². The minimum atomic E-state index is -4.39. The quantitative estimate of drug-likeness (QED) is 0.661. The molecule has 0 aliphatic heterocycles. The molecule has 0 radical (unpaired) electrons. The lowest BCUT2D eigenvalue weighted by molar-refractivity contribution is -0.137. The lowest BCUT2D eigenvalue weighted by Gasteiger charge is -2.16. The summed E-state index contributed by atoms with van der Waals surface area (Å²) in [6.45, 7) is 1.68. The highest BCUT2D eigenvalue weighted by atomic mass is 19.4. The van der Waals surface area contributed by atoms with Crippen molar-refractivity contribution in [3.05, 3.63) is 71.4 Å². The highest BCUT2D eigenvalue weighted by Crippen LogP contribution is 2.30. The van der Waals surface area contributed by atoms with Crippen molar-refractivity contribution in [2.45, 2.75) is 32.0 Å². The van der Waals surface area contributed by atoms with Gasteiger partial charge in [0.05, 0.1) is 11.6 Å². The van der Waals surface area contributed by atoms with Crippen molar-refractivity contribution >= 4 is 16.8 Å². The molecule has 3 nitrogen and oxygen atoms in total. The first-order valence-electron chi connectivity index (χ1n) is 8.36. The van der Waals surface area contributed by atoms with E-state index in [1.54, 1.807) is 13.0 Å². The van der Waals surface area contributed by atoms with Gasteiger partial charge in [0, 0.05) is 23.5 Å². The Morgan fingerprint density at radius 3 is 2.69 bits per heavy atom. The highest BCUT2D eigenvalue weighted by Gasteiger charge is 2.30. The summed E-state index contributed by atoms with van der Waals surface area (Å²) in [6.07, 6.45) is -1.68. The summed E-state index contributed by atoms with van der Waals surface area (Å²) in [5, 5.41) is 3.84. The molecule has 1 amide bonds. The van der Waals surface area contributed by atoms with E-state index in [9.17, 15) is 18.0 Å². The van der Waals surface area contributed by atoms with Crippen LogP contribution in [0.1, 0.15) is 36.1 Å². The topological polar surface area (TPSA) is 44.9 Å². The van der Waals surface area contributed by atoms with Crippen LogP contribution in [0.3, 0.4) is 0 Å². The Labute approximate surface area is 149 Å². The lowest BCUT2D eigenvalue weighted by atomic mass is 10.0. The van der Waals surface area contributed by atoms with Crippen LogP contribution in [0.4, 0.5) is 13.2 Å². The van der Waals surface area contributed by atoms with Crippen LogP contribution in [0, 0.1) is 0 Å². The number of hydrogen-bond acceptors (Lipinski definition) is 1. The summed E-state index contributed by atoms with van der Waals surface area (Å²) in [5.41, 5.74) is 1.78. The number of carbonyl (C=O) groups excluding carboxylic acids is 1. The van der Waals surface area contributed by atoms with Crippen LogP contribution in [0.2, 0.25) is 0 Å². The molecule has 0 saturated heterocycles. The zero-order valence-corrected chi connectivity index (χ0v) is 14.2. The number of aromatic amines is 1. The second-order valence-electron chi connectivity index (χ2n) is 6.27. The van der Waals surface area contributed by atoms with E-state index in [-0.39, 0.29) is 12.3 Å². The van der Waals surface area contributed by atoms with Crippen LogP contribution in [-0.4, -0.2) is 10.9 Å². The standard InChI is InChI=1S/C20H19F3N2O/c1-13(14-5-4-6-16(11-14)20(21,22)23)25-19(26)10-9-15-12-24-18-8-3-2-7-17(15)18/h2-8,11-13,24H,9-10H2,1H3,(H,25,26). The van der Waals surface area contributed by atoms with Crippen molar-refractivity contribution in [2.75, 3.05) is 0 Å². The number of para-hydroxylation sites is 1. The van der Waals surface area contributed by atoms with Gasteiger partial charge in [-0.2, -0.15) is 13.2 Å². The minimum Gasteiger partial charge on any atom is -0.361 e. The number of nitrogens with one attached hydrogen (secondary N) is 2. The van der Waals surface area contributed by atoms with E-state index in [2.05, 4.69) is 10.3 Å². The van der Waals surface area contributed by atoms with E-state index >= 15 is 0 Å². The fraction of sp³-hybridized carbons (Fsp3) is 0.250. The predicted molar refractivity (Wildman–Crippen MR) is 94.6 cm³/mol. The van der Waals surface area contributed by atoms with Crippen LogP contribution in [0.15, 0.2) is 54.7 Å². The molecule has 0 aliphatic rings. The van der Waals surface area contributed by atoms with Gasteiger partial charge in [-0.25, -0.2) is 0 Å². The van der Waals surface area contributed by atoms with Crippen LogP contribution in [0.5, 0.6) is 0 Å². The lowest BCUT2D eigenvalue weighted by Crippen LogP contribution is -2.27. The second-order valence-corrected chi connectivity index (χ2v) is 6.27. The summed E-state index contributed by atoms with van der Waals surface area (Å²) >= 11 is 0. The molecule has 1 atom stereocenters. The molecule has 6 heteroatoms. The van der Waals surface area contributed by atoms with Crippen molar-refractivity contribution in [1.82, 2.24) is 10.3 Å². The maximum absolute atomic E-state index is 12.8. The Balaban J connectivity index is 1.61. The van der Waals surface area contributed by atoms with Crippen LogP contribution in [-0.2, 0) is 17.4 Å². The molecule has 0 spiro atoms. The maximum atomic E-state index is 12.8. The molecule has 1 aromatic heterocycles. The van der Waals surface area contributed by atoms with Gasteiger partial charge in [-0.1, -0.05) is 30.3 Å². The van der Waals surface area contributed by atoms with Gasteiger partial charge in [0.15, 0.2) is 0 Å². The molecule has 0 fully saturated rings. The molecule has 26 heavy (non-hydrogen) atoms. The third-order valence-corrected chi connectivity index (χ3v) is 4.39. The maximum Gasteiger partial charge on any atom is 0.416 e. The number of halogens is 3. The van der Waals surface area contributed by atoms with Gasteiger partial charge in [0.25, 0.3) is 0 Å². The second kappa shape index (κ2) is 7.23. The zero-order valence-electron chi connectivity index (χ0n) is 14.2. The van der Waals surface area contributed by atoms with Crippen LogP contribution in [0.25, 0.3) is 10.9 Å². The smallest absolute Gasteiger partial charge is 0.361 e. The number of carbonyl (C=O) groups is 1. The summed E-state index contributed by atoms with van der Waals surface area (Å²) in [5.74, 6) is -0.194. The molecule has 3 aromatic rings. The van der Waals surface area contributed by atoms with Crippen molar-refractivity contribution in [1.29, 1.82) is 0 Å². The van der Waals surface area contributed by atoms with Gasteiger partial charge < -0.3 is 10.3 Å². The van der Waals surface area contributed by atoms with Gasteiger partial charge in [0.2, 0.25) is 5.91 Å². The summed E-state index contributed by atoms with van der Waals surface area (Å²) in [6, 6.07) is 12.4. The number of aryl methyl sites for hydroxylation is 1. The van der Waals surface area contributed by atoms with Crippen molar-refractivity contribution in [2.24, 2.45) is 0 Å². The molecule has 0 aliphatic carbocycles. The fourth-order valence-corrected chi connectivity index (χ4v) is 2.97. The molecule has 3 rings (SSSR count). The Morgan fingerprint density at radius 1 is 1.15 bits per heavy atom. The molecule has 1 heterocycles. The summed E-state index contributed by atoms with van der Waals surface area (Å²) in [4.78, 5) is 15.4. The first kappa shape index (κ1) is 18.0. The molecular weight excluding hydrogens is 341 g/mol. The SMILES string of the molecule is CC(NC(=O)CCc1c[nH]c2ccccc12)c1cccc(C(F)(F)F)c1. The third-order valence-electron chi connectivity index (χ3n) is 4.39. The monoisotopic (exact) mass is 360 g/mol. The number of H-pyrrole nitrogens is 1. The number of benzene rings is 2. The molecule has 2 aromatic carbocycles. The summed E-state index contributed by atoms with van der Waals surface area (Å²) < 4.78 is 38.4. The number of alkyl halides is 3.